The Hall–Kier alpha value is -2.49. The lowest BCUT2D eigenvalue weighted by atomic mass is 10.1. The highest BCUT2D eigenvalue weighted by Gasteiger charge is 2.34. The van der Waals surface area contributed by atoms with Gasteiger partial charge >= 0.3 is 0 Å². The monoisotopic (exact) mass is 367 g/mol. The lowest BCUT2D eigenvalue weighted by molar-refractivity contribution is -0.134. The zero-order chi connectivity index (χ0) is 19.2. The molecule has 1 saturated carbocycles. The van der Waals surface area contributed by atoms with Gasteiger partial charge in [-0.3, -0.25) is 4.79 Å². The van der Waals surface area contributed by atoms with E-state index in [1.807, 2.05) is 36.4 Å². The number of rotatable bonds is 9. The van der Waals surface area contributed by atoms with Gasteiger partial charge in [-0.25, -0.2) is 0 Å². The number of ether oxygens (including phenoxy) is 2. The molecule has 1 aliphatic carbocycles. The standard InChI is InChI=1S/C23H29NO3/c1-17(20-11-12-20)24(16-19-7-5-4-6-8-19)23(25)14-10-18-9-13-21(26-2)22(15-18)27-3/h4-9,13,15,17,20H,10-12,14,16H2,1-3H3. The first-order valence-electron chi connectivity index (χ1n) is 9.66. The van der Waals surface area contributed by atoms with Gasteiger partial charge in [0.15, 0.2) is 11.5 Å². The number of carbonyl (C=O) groups is 1. The molecule has 1 atom stereocenters. The van der Waals surface area contributed by atoms with Crippen LogP contribution in [0.5, 0.6) is 11.5 Å². The molecule has 0 radical (unpaired) electrons. The quantitative estimate of drug-likeness (QED) is 0.657. The molecular weight excluding hydrogens is 338 g/mol. The molecule has 4 nitrogen and oxygen atoms in total. The van der Waals surface area contributed by atoms with Gasteiger partial charge in [0.2, 0.25) is 5.91 Å². The third-order valence-corrected chi connectivity index (χ3v) is 5.39. The van der Waals surface area contributed by atoms with Gasteiger partial charge in [0, 0.05) is 19.0 Å². The van der Waals surface area contributed by atoms with Crippen LogP contribution < -0.4 is 9.47 Å². The van der Waals surface area contributed by atoms with Gasteiger partial charge in [0.1, 0.15) is 0 Å². The van der Waals surface area contributed by atoms with Crippen LogP contribution >= 0.6 is 0 Å². The summed E-state index contributed by atoms with van der Waals surface area (Å²) in [6.07, 6.45) is 3.66. The van der Waals surface area contributed by atoms with Gasteiger partial charge in [-0.15, -0.1) is 0 Å². The summed E-state index contributed by atoms with van der Waals surface area (Å²) in [6, 6.07) is 16.4. The molecule has 1 aliphatic rings. The summed E-state index contributed by atoms with van der Waals surface area (Å²) in [5, 5.41) is 0. The summed E-state index contributed by atoms with van der Waals surface area (Å²) >= 11 is 0. The molecule has 0 aromatic heterocycles. The second kappa shape index (κ2) is 8.94. The van der Waals surface area contributed by atoms with Crippen molar-refractivity contribution in [1.82, 2.24) is 4.90 Å². The van der Waals surface area contributed by atoms with Crippen LogP contribution in [0.3, 0.4) is 0 Å². The molecule has 0 N–H and O–H groups in total. The molecule has 144 valence electrons. The smallest absolute Gasteiger partial charge is 0.223 e. The largest absolute Gasteiger partial charge is 0.493 e. The van der Waals surface area contributed by atoms with Crippen molar-refractivity contribution in [3.63, 3.8) is 0 Å². The maximum absolute atomic E-state index is 13.0. The second-order valence-corrected chi connectivity index (χ2v) is 7.27. The van der Waals surface area contributed by atoms with Gasteiger partial charge < -0.3 is 14.4 Å². The van der Waals surface area contributed by atoms with Crippen LogP contribution in [0.25, 0.3) is 0 Å². The Morgan fingerprint density at radius 1 is 1.04 bits per heavy atom. The molecule has 0 saturated heterocycles. The third-order valence-electron chi connectivity index (χ3n) is 5.39. The Morgan fingerprint density at radius 2 is 1.74 bits per heavy atom. The molecule has 1 fully saturated rings. The van der Waals surface area contributed by atoms with Crippen LogP contribution in [-0.2, 0) is 17.8 Å². The Morgan fingerprint density at radius 3 is 2.37 bits per heavy atom. The minimum atomic E-state index is 0.216. The number of aryl methyl sites for hydroxylation is 1. The van der Waals surface area contributed by atoms with Gasteiger partial charge in [-0.2, -0.15) is 0 Å². The van der Waals surface area contributed by atoms with E-state index >= 15 is 0 Å². The summed E-state index contributed by atoms with van der Waals surface area (Å²) in [5.41, 5.74) is 2.27. The summed E-state index contributed by atoms with van der Waals surface area (Å²) in [6.45, 7) is 2.87. The van der Waals surface area contributed by atoms with E-state index in [4.69, 9.17) is 9.47 Å². The Bertz CT molecular complexity index is 755. The van der Waals surface area contributed by atoms with Crippen LogP contribution in [-0.4, -0.2) is 31.1 Å². The lowest BCUT2D eigenvalue weighted by Gasteiger charge is -2.30. The van der Waals surface area contributed by atoms with Crippen LogP contribution in [0.15, 0.2) is 48.5 Å². The fraction of sp³-hybridized carbons (Fsp3) is 0.435. The van der Waals surface area contributed by atoms with Gasteiger partial charge in [0.05, 0.1) is 14.2 Å². The first-order valence-corrected chi connectivity index (χ1v) is 9.66. The number of hydrogen-bond donors (Lipinski definition) is 0. The van der Waals surface area contributed by atoms with Crippen molar-refractivity contribution < 1.29 is 14.3 Å². The average molecular weight is 367 g/mol. The molecule has 27 heavy (non-hydrogen) atoms. The van der Waals surface area contributed by atoms with Crippen LogP contribution in [0.2, 0.25) is 0 Å². The van der Waals surface area contributed by atoms with E-state index in [1.54, 1.807) is 14.2 Å². The molecule has 0 spiro atoms. The van der Waals surface area contributed by atoms with Crippen LogP contribution in [0.4, 0.5) is 0 Å². The van der Waals surface area contributed by atoms with Crippen LogP contribution in [0, 0.1) is 5.92 Å². The zero-order valence-electron chi connectivity index (χ0n) is 16.5. The molecule has 3 rings (SSSR count). The summed E-state index contributed by atoms with van der Waals surface area (Å²) in [7, 11) is 3.26. The maximum Gasteiger partial charge on any atom is 0.223 e. The molecule has 0 bridgehead atoms. The van der Waals surface area contributed by atoms with Crippen molar-refractivity contribution in [3.8, 4) is 11.5 Å². The lowest BCUT2D eigenvalue weighted by Crippen LogP contribution is -2.39. The molecule has 0 heterocycles. The summed E-state index contributed by atoms with van der Waals surface area (Å²) in [4.78, 5) is 15.1. The van der Waals surface area contributed by atoms with Crippen molar-refractivity contribution in [2.75, 3.05) is 14.2 Å². The highest BCUT2D eigenvalue weighted by molar-refractivity contribution is 5.77. The maximum atomic E-state index is 13.0. The zero-order valence-corrected chi connectivity index (χ0v) is 16.5. The molecule has 0 aliphatic heterocycles. The highest BCUT2D eigenvalue weighted by Crippen LogP contribution is 2.36. The summed E-state index contributed by atoms with van der Waals surface area (Å²) < 4.78 is 10.7. The number of carbonyl (C=O) groups excluding carboxylic acids is 1. The van der Waals surface area contributed by atoms with E-state index in [0.29, 0.717) is 42.8 Å². The van der Waals surface area contributed by atoms with Crippen molar-refractivity contribution in [2.24, 2.45) is 5.92 Å². The molecule has 4 heteroatoms. The fourth-order valence-corrected chi connectivity index (χ4v) is 3.50. The van der Waals surface area contributed by atoms with Crippen LogP contribution in [0.1, 0.15) is 37.3 Å². The Balaban J connectivity index is 1.67. The minimum Gasteiger partial charge on any atom is -0.493 e. The predicted octanol–water partition coefficient (Wildman–Crippen LogP) is 4.46. The number of benzene rings is 2. The number of amides is 1. The van der Waals surface area contributed by atoms with E-state index in [1.165, 1.54) is 18.4 Å². The van der Waals surface area contributed by atoms with Crippen molar-refractivity contribution in [2.45, 2.75) is 45.2 Å². The molecule has 2 aromatic carbocycles. The van der Waals surface area contributed by atoms with Crippen molar-refractivity contribution >= 4 is 5.91 Å². The number of nitrogens with zero attached hydrogens (tertiary/aromatic N) is 1. The third kappa shape index (κ3) is 5.03. The summed E-state index contributed by atoms with van der Waals surface area (Å²) in [5.74, 6) is 2.28. The fourth-order valence-electron chi connectivity index (χ4n) is 3.50. The normalized spacial score (nSPS) is 14.5. The van der Waals surface area contributed by atoms with E-state index in [0.717, 1.165) is 5.56 Å². The first-order chi connectivity index (χ1) is 13.1. The van der Waals surface area contributed by atoms with E-state index < -0.39 is 0 Å². The predicted molar refractivity (Wildman–Crippen MR) is 107 cm³/mol. The molecular formula is C23H29NO3. The average Bonchev–Trinajstić information content (AvgIpc) is 3.55. The molecule has 1 unspecified atom stereocenters. The van der Waals surface area contributed by atoms with Crippen molar-refractivity contribution in [1.29, 1.82) is 0 Å². The van der Waals surface area contributed by atoms with Gasteiger partial charge in [-0.05, 0) is 55.4 Å². The highest BCUT2D eigenvalue weighted by atomic mass is 16.5. The van der Waals surface area contributed by atoms with Crippen molar-refractivity contribution in [3.05, 3.63) is 59.7 Å². The first kappa shape index (κ1) is 19.3. The van der Waals surface area contributed by atoms with E-state index in [2.05, 4.69) is 24.0 Å². The second-order valence-electron chi connectivity index (χ2n) is 7.27. The number of methoxy groups -OCH3 is 2. The van der Waals surface area contributed by atoms with E-state index in [9.17, 15) is 4.79 Å². The van der Waals surface area contributed by atoms with E-state index in [-0.39, 0.29) is 5.91 Å². The Labute approximate surface area is 162 Å². The van der Waals surface area contributed by atoms with Gasteiger partial charge in [-0.1, -0.05) is 36.4 Å². The minimum absolute atomic E-state index is 0.216. The topological polar surface area (TPSA) is 38.8 Å². The Kier molecular flexibility index (Phi) is 6.38. The molecule has 1 amide bonds. The van der Waals surface area contributed by atoms with Gasteiger partial charge in [0.25, 0.3) is 0 Å². The molecule has 2 aromatic rings. The number of hydrogen-bond acceptors (Lipinski definition) is 3. The SMILES string of the molecule is COc1ccc(CCC(=O)N(Cc2ccccc2)C(C)C2CC2)cc1OC.